The van der Waals surface area contributed by atoms with Gasteiger partial charge in [-0.05, 0) is 69.4 Å². The summed E-state index contributed by atoms with van der Waals surface area (Å²) in [6.07, 6.45) is 0.744. The number of hydrogen-bond donors (Lipinski definition) is 3. The number of ether oxygens (including phenoxy) is 1. The van der Waals surface area contributed by atoms with Gasteiger partial charge in [0.2, 0.25) is 0 Å². The number of anilines is 1. The monoisotopic (exact) mass is 351 g/mol. The maximum absolute atomic E-state index is 10.5. The largest absolute Gasteiger partial charge is 0.480 e. The van der Waals surface area contributed by atoms with Gasteiger partial charge in [0.1, 0.15) is 6.61 Å². The van der Waals surface area contributed by atoms with Crippen molar-refractivity contribution < 1.29 is 24.9 Å². The second-order valence-corrected chi connectivity index (χ2v) is 7.35. The lowest BCUT2D eigenvalue weighted by Gasteiger charge is -2.31. The predicted molar refractivity (Wildman–Crippen MR) is 96.0 cm³/mol. The van der Waals surface area contributed by atoms with E-state index in [0.717, 1.165) is 28.9 Å². The van der Waals surface area contributed by atoms with Crippen LogP contribution in [0.25, 0.3) is 0 Å². The number of aryl methyl sites for hydroxylation is 1. The Morgan fingerprint density at radius 3 is 2.64 bits per heavy atom. The second-order valence-electron chi connectivity index (χ2n) is 7.35. The highest BCUT2D eigenvalue weighted by Crippen LogP contribution is 2.34. The summed E-state index contributed by atoms with van der Waals surface area (Å²) >= 11 is 0. The van der Waals surface area contributed by atoms with Gasteiger partial charge < -0.3 is 25.0 Å². The Kier molecular flexibility index (Phi) is 6.08. The van der Waals surface area contributed by atoms with Crippen LogP contribution in [0, 0.1) is 13.8 Å². The predicted octanol–water partition coefficient (Wildman–Crippen LogP) is 1.96. The molecule has 1 aromatic rings. The molecule has 6 heteroatoms. The highest BCUT2D eigenvalue weighted by atomic mass is 16.5. The summed E-state index contributed by atoms with van der Waals surface area (Å²) in [5.74, 6) is -0.993. The molecule has 2 rings (SSSR count). The normalized spacial score (nSPS) is 21.0. The SMILES string of the molecule is Cc1cc(N2CCC(O)C2CCOCC(=O)O)cc(C(C)(C)O)c1C. The van der Waals surface area contributed by atoms with E-state index in [9.17, 15) is 15.0 Å². The van der Waals surface area contributed by atoms with Gasteiger partial charge in [0, 0.05) is 18.8 Å². The van der Waals surface area contributed by atoms with E-state index < -0.39 is 17.7 Å². The summed E-state index contributed by atoms with van der Waals surface area (Å²) in [6.45, 7) is 8.25. The molecule has 140 valence electrons. The Balaban J connectivity index is 2.21. The molecular weight excluding hydrogens is 322 g/mol. The highest BCUT2D eigenvalue weighted by molar-refractivity contribution is 5.68. The van der Waals surface area contributed by atoms with E-state index in [-0.39, 0.29) is 19.3 Å². The number of carboxylic acids is 1. The van der Waals surface area contributed by atoms with Crippen LogP contribution < -0.4 is 4.90 Å². The van der Waals surface area contributed by atoms with Crippen LogP contribution in [-0.2, 0) is 15.1 Å². The molecule has 1 saturated heterocycles. The molecule has 1 aromatic carbocycles. The van der Waals surface area contributed by atoms with Gasteiger partial charge in [0.15, 0.2) is 0 Å². The van der Waals surface area contributed by atoms with Gasteiger partial charge in [0.05, 0.1) is 17.7 Å². The number of carbonyl (C=O) groups is 1. The first kappa shape index (κ1) is 19.7. The third-order valence-corrected chi connectivity index (χ3v) is 4.94. The van der Waals surface area contributed by atoms with E-state index in [2.05, 4.69) is 11.0 Å². The summed E-state index contributed by atoms with van der Waals surface area (Å²) in [7, 11) is 0. The first-order valence-corrected chi connectivity index (χ1v) is 8.69. The van der Waals surface area contributed by atoms with E-state index in [1.54, 1.807) is 13.8 Å². The summed E-state index contributed by atoms with van der Waals surface area (Å²) in [5, 5.41) is 29.4. The number of carboxylic acid groups (broad SMARTS) is 1. The van der Waals surface area contributed by atoms with Crippen LogP contribution in [0.15, 0.2) is 12.1 Å². The van der Waals surface area contributed by atoms with Crippen molar-refractivity contribution in [1.29, 1.82) is 0 Å². The Morgan fingerprint density at radius 2 is 2.04 bits per heavy atom. The fourth-order valence-corrected chi connectivity index (χ4v) is 3.51. The van der Waals surface area contributed by atoms with Gasteiger partial charge in [0.25, 0.3) is 0 Å². The van der Waals surface area contributed by atoms with Crippen molar-refractivity contribution in [3.05, 3.63) is 28.8 Å². The van der Waals surface area contributed by atoms with E-state index >= 15 is 0 Å². The number of aliphatic hydroxyl groups excluding tert-OH is 1. The first-order chi connectivity index (χ1) is 11.6. The van der Waals surface area contributed by atoms with E-state index in [1.165, 1.54) is 0 Å². The van der Waals surface area contributed by atoms with Crippen molar-refractivity contribution in [2.24, 2.45) is 0 Å². The quantitative estimate of drug-likeness (QED) is 0.651. The Hall–Kier alpha value is -1.63. The van der Waals surface area contributed by atoms with Crippen LogP contribution in [0.5, 0.6) is 0 Å². The molecule has 0 saturated carbocycles. The van der Waals surface area contributed by atoms with Crippen LogP contribution in [-0.4, -0.2) is 53.2 Å². The van der Waals surface area contributed by atoms with Crippen molar-refractivity contribution in [2.75, 3.05) is 24.7 Å². The van der Waals surface area contributed by atoms with Gasteiger partial charge >= 0.3 is 5.97 Å². The van der Waals surface area contributed by atoms with Crippen LogP contribution in [0.3, 0.4) is 0 Å². The molecule has 0 bridgehead atoms. The molecule has 0 amide bonds. The maximum Gasteiger partial charge on any atom is 0.329 e. The number of rotatable bonds is 7. The average molecular weight is 351 g/mol. The fraction of sp³-hybridized carbons (Fsp3) is 0.632. The lowest BCUT2D eigenvalue weighted by molar-refractivity contribution is -0.142. The molecule has 1 heterocycles. The molecule has 0 aromatic heterocycles. The van der Waals surface area contributed by atoms with Gasteiger partial charge in [-0.2, -0.15) is 0 Å². The molecule has 6 nitrogen and oxygen atoms in total. The number of nitrogens with zero attached hydrogens (tertiary/aromatic N) is 1. The fourth-order valence-electron chi connectivity index (χ4n) is 3.51. The standard InChI is InChI=1S/C19H29NO5/c1-12-9-14(10-15(13(12)2)19(3,4)24)20-7-5-17(21)16(20)6-8-25-11-18(22)23/h9-10,16-17,21,24H,5-8,11H2,1-4H3,(H,22,23). The molecule has 1 aliphatic heterocycles. The molecule has 0 radical (unpaired) electrons. The number of hydrogen-bond acceptors (Lipinski definition) is 5. The number of aliphatic carboxylic acids is 1. The molecule has 25 heavy (non-hydrogen) atoms. The molecule has 3 N–H and O–H groups in total. The van der Waals surface area contributed by atoms with Crippen molar-refractivity contribution in [2.45, 2.75) is 58.3 Å². The zero-order valence-electron chi connectivity index (χ0n) is 15.5. The minimum absolute atomic E-state index is 0.120. The Morgan fingerprint density at radius 1 is 1.36 bits per heavy atom. The minimum Gasteiger partial charge on any atom is -0.480 e. The third-order valence-electron chi connectivity index (χ3n) is 4.94. The summed E-state index contributed by atoms with van der Waals surface area (Å²) in [4.78, 5) is 12.7. The number of benzene rings is 1. The van der Waals surface area contributed by atoms with Crippen molar-refractivity contribution in [3.63, 3.8) is 0 Å². The lowest BCUT2D eigenvalue weighted by atomic mass is 9.90. The van der Waals surface area contributed by atoms with Gasteiger partial charge in [-0.1, -0.05) is 0 Å². The average Bonchev–Trinajstić information content (AvgIpc) is 2.86. The summed E-state index contributed by atoms with van der Waals surface area (Å²) < 4.78 is 5.13. The smallest absolute Gasteiger partial charge is 0.329 e. The third kappa shape index (κ3) is 4.71. The zero-order valence-corrected chi connectivity index (χ0v) is 15.5. The summed E-state index contributed by atoms with van der Waals surface area (Å²) in [5.41, 5.74) is 3.07. The Labute approximate surface area is 149 Å². The van der Waals surface area contributed by atoms with Gasteiger partial charge in [-0.3, -0.25) is 0 Å². The van der Waals surface area contributed by atoms with Crippen LogP contribution in [0.1, 0.15) is 43.4 Å². The van der Waals surface area contributed by atoms with Gasteiger partial charge in [-0.15, -0.1) is 0 Å². The van der Waals surface area contributed by atoms with Crippen LogP contribution in [0.4, 0.5) is 5.69 Å². The van der Waals surface area contributed by atoms with E-state index in [0.29, 0.717) is 12.8 Å². The zero-order chi connectivity index (χ0) is 18.8. The first-order valence-electron chi connectivity index (χ1n) is 8.69. The van der Waals surface area contributed by atoms with Crippen LogP contribution in [0.2, 0.25) is 0 Å². The molecule has 0 aliphatic carbocycles. The number of aliphatic hydroxyl groups is 2. The second kappa shape index (κ2) is 7.72. The summed E-state index contributed by atoms with van der Waals surface area (Å²) in [6, 6.07) is 3.95. The van der Waals surface area contributed by atoms with Crippen molar-refractivity contribution in [3.8, 4) is 0 Å². The lowest BCUT2D eigenvalue weighted by Crippen LogP contribution is -2.36. The topological polar surface area (TPSA) is 90.2 Å². The van der Waals surface area contributed by atoms with E-state index in [1.807, 2.05) is 19.9 Å². The molecule has 1 fully saturated rings. The highest BCUT2D eigenvalue weighted by Gasteiger charge is 2.33. The minimum atomic E-state index is -0.993. The molecule has 2 atom stereocenters. The molecular formula is C19H29NO5. The van der Waals surface area contributed by atoms with Crippen molar-refractivity contribution >= 4 is 11.7 Å². The molecule has 2 unspecified atom stereocenters. The maximum atomic E-state index is 10.5. The Bertz CT molecular complexity index is 623. The van der Waals surface area contributed by atoms with E-state index in [4.69, 9.17) is 9.84 Å². The van der Waals surface area contributed by atoms with Crippen LogP contribution >= 0.6 is 0 Å². The van der Waals surface area contributed by atoms with Crippen molar-refractivity contribution in [1.82, 2.24) is 0 Å². The molecule has 0 spiro atoms. The molecule has 1 aliphatic rings. The van der Waals surface area contributed by atoms with Gasteiger partial charge in [-0.25, -0.2) is 4.79 Å².